The zero-order chi connectivity index (χ0) is 8.77. The number of esters is 2. The zero-order valence-corrected chi connectivity index (χ0v) is 6.92. The predicted molar refractivity (Wildman–Crippen MR) is 41.1 cm³/mol. The number of ether oxygens (including phenoxy) is 1. The Labute approximate surface area is 70.4 Å². The molecule has 1 heterocycles. The van der Waals surface area contributed by atoms with E-state index in [1.165, 1.54) is 0 Å². The third-order valence-electron chi connectivity index (χ3n) is 2.72. The van der Waals surface area contributed by atoms with Gasteiger partial charge in [0, 0.05) is 0 Å². The van der Waals surface area contributed by atoms with Crippen molar-refractivity contribution in [3.8, 4) is 0 Å². The normalized spacial score (nSPS) is 25.2. The summed E-state index contributed by atoms with van der Waals surface area (Å²) in [7, 11) is 0. The second kappa shape index (κ2) is 2.19. The predicted octanol–water partition coefficient (Wildman–Crippen LogP) is 1.19. The van der Waals surface area contributed by atoms with Crippen molar-refractivity contribution in [1.82, 2.24) is 0 Å². The lowest BCUT2D eigenvalue weighted by atomic mass is 9.76. The number of hydrogen-bond acceptors (Lipinski definition) is 3. The van der Waals surface area contributed by atoms with Gasteiger partial charge in [-0.1, -0.05) is 13.0 Å². The van der Waals surface area contributed by atoms with Crippen molar-refractivity contribution < 1.29 is 14.3 Å². The number of carbonyl (C=O) groups excluding carboxylic acids is 2. The van der Waals surface area contributed by atoms with Gasteiger partial charge in [-0.3, -0.25) is 0 Å². The Kier molecular flexibility index (Phi) is 1.37. The molecular formula is C9H10O3. The van der Waals surface area contributed by atoms with Crippen LogP contribution in [0, 0.1) is 5.41 Å². The molecule has 64 valence electrons. The van der Waals surface area contributed by atoms with E-state index in [9.17, 15) is 9.59 Å². The highest BCUT2D eigenvalue weighted by Gasteiger charge is 2.61. The fourth-order valence-electron chi connectivity index (χ4n) is 2.01. The van der Waals surface area contributed by atoms with Crippen molar-refractivity contribution >= 4 is 11.9 Å². The standard InChI is InChI=1S/C9H10O3/c1-2-6-4-3-5-9(6)7(10)12-8(9)11/h4H,2-3,5H2,1H3. The first-order chi connectivity index (χ1) is 5.71. The van der Waals surface area contributed by atoms with E-state index < -0.39 is 5.41 Å². The molecule has 2 aliphatic rings. The third kappa shape index (κ3) is 0.618. The van der Waals surface area contributed by atoms with Crippen LogP contribution in [0.4, 0.5) is 0 Å². The van der Waals surface area contributed by atoms with E-state index in [4.69, 9.17) is 0 Å². The molecule has 1 saturated heterocycles. The highest BCUT2D eigenvalue weighted by atomic mass is 16.6. The van der Waals surface area contributed by atoms with E-state index in [0.29, 0.717) is 6.42 Å². The van der Waals surface area contributed by atoms with Crippen LogP contribution in [-0.4, -0.2) is 11.9 Å². The molecule has 0 aromatic heterocycles. The van der Waals surface area contributed by atoms with Gasteiger partial charge in [-0.05, 0) is 24.8 Å². The van der Waals surface area contributed by atoms with E-state index in [2.05, 4.69) is 4.74 Å². The molecule has 0 unspecified atom stereocenters. The van der Waals surface area contributed by atoms with Gasteiger partial charge in [0.05, 0.1) is 0 Å². The van der Waals surface area contributed by atoms with Crippen molar-refractivity contribution in [2.45, 2.75) is 26.2 Å². The third-order valence-corrected chi connectivity index (χ3v) is 2.72. The van der Waals surface area contributed by atoms with Crippen LogP contribution < -0.4 is 0 Å². The number of hydrogen-bond donors (Lipinski definition) is 0. The zero-order valence-electron chi connectivity index (χ0n) is 6.92. The van der Waals surface area contributed by atoms with Crippen LogP contribution in [0.25, 0.3) is 0 Å². The fourth-order valence-corrected chi connectivity index (χ4v) is 2.01. The summed E-state index contributed by atoms with van der Waals surface area (Å²) in [5.74, 6) is -0.698. The molecule has 3 nitrogen and oxygen atoms in total. The molecule has 0 atom stereocenters. The summed E-state index contributed by atoms with van der Waals surface area (Å²) in [4.78, 5) is 22.3. The van der Waals surface area contributed by atoms with E-state index in [0.717, 1.165) is 18.4 Å². The summed E-state index contributed by atoms with van der Waals surface area (Å²) >= 11 is 0. The maximum absolute atomic E-state index is 11.2. The Morgan fingerprint density at radius 1 is 1.50 bits per heavy atom. The van der Waals surface area contributed by atoms with Crippen molar-refractivity contribution in [1.29, 1.82) is 0 Å². The number of cyclic esters (lactones) is 2. The first-order valence-corrected chi connectivity index (χ1v) is 4.18. The molecule has 1 fully saturated rings. The van der Waals surface area contributed by atoms with Crippen LogP contribution >= 0.6 is 0 Å². The van der Waals surface area contributed by atoms with Gasteiger partial charge in [0.25, 0.3) is 0 Å². The highest BCUT2D eigenvalue weighted by molar-refractivity contribution is 6.17. The summed E-state index contributed by atoms with van der Waals surface area (Å²) in [5.41, 5.74) is 0.109. The SMILES string of the molecule is CCC1=CCCC12C(=O)OC2=O. The maximum Gasteiger partial charge on any atom is 0.335 e. The Hall–Kier alpha value is -1.12. The van der Waals surface area contributed by atoms with E-state index in [1.54, 1.807) is 0 Å². The van der Waals surface area contributed by atoms with E-state index >= 15 is 0 Å². The average molecular weight is 166 g/mol. The monoisotopic (exact) mass is 166 g/mol. The topological polar surface area (TPSA) is 43.4 Å². The Morgan fingerprint density at radius 3 is 2.58 bits per heavy atom. The van der Waals surface area contributed by atoms with Gasteiger partial charge in [0.1, 0.15) is 0 Å². The lowest BCUT2D eigenvalue weighted by molar-refractivity contribution is -0.192. The lowest BCUT2D eigenvalue weighted by Crippen LogP contribution is -2.52. The molecule has 1 spiro atoms. The summed E-state index contributed by atoms with van der Waals surface area (Å²) in [6.07, 6.45) is 4.19. The van der Waals surface area contributed by atoms with Gasteiger partial charge in [-0.2, -0.15) is 0 Å². The van der Waals surface area contributed by atoms with Gasteiger partial charge in [0.2, 0.25) is 0 Å². The molecule has 0 saturated carbocycles. The van der Waals surface area contributed by atoms with Crippen molar-refractivity contribution in [2.75, 3.05) is 0 Å². The molecule has 2 rings (SSSR count). The van der Waals surface area contributed by atoms with Gasteiger partial charge in [-0.15, -0.1) is 0 Å². The molecule has 0 amide bonds. The summed E-state index contributed by atoms with van der Waals surface area (Å²) in [6.45, 7) is 1.96. The van der Waals surface area contributed by atoms with Crippen molar-refractivity contribution in [3.63, 3.8) is 0 Å². The molecule has 1 aliphatic heterocycles. The largest absolute Gasteiger partial charge is 0.391 e. The lowest BCUT2D eigenvalue weighted by Gasteiger charge is -2.34. The molecule has 12 heavy (non-hydrogen) atoms. The second-order valence-electron chi connectivity index (χ2n) is 3.20. The van der Waals surface area contributed by atoms with E-state index in [-0.39, 0.29) is 11.9 Å². The van der Waals surface area contributed by atoms with Crippen LogP contribution in [0.3, 0.4) is 0 Å². The minimum atomic E-state index is -0.839. The highest BCUT2D eigenvalue weighted by Crippen LogP contribution is 2.48. The van der Waals surface area contributed by atoms with Crippen LogP contribution in [0.15, 0.2) is 11.6 Å². The van der Waals surface area contributed by atoms with Gasteiger partial charge in [-0.25, -0.2) is 9.59 Å². The first-order valence-electron chi connectivity index (χ1n) is 4.18. The molecule has 0 N–H and O–H groups in total. The van der Waals surface area contributed by atoms with Crippen LogP contribution in [0.1, 0.15) is 26.2 Å². The number of allylic oxidation sites excluding steroid dienone is 1. The molecule has 0 radical (unpaired) electrons. The fraction of sp³-hybridized carbons (Fsp3) is 0.556. The van der Waals surface area contributed by atoms with Crippen LogP contribution in [-0.2, 0) is 14.3 Å². The smallest absolute Gasteiger partial charge is 0.335 e. The number of rotatable bonds is 1. The molecule has 1 aliphatic carbocycles. The maximum atomic E-state index is 11.2. The Bertz CT molecular complexity index is 274. The summed E-state index contributed by atoms with van der Waals surface area (Å²) in [6, 6.07) is 0. The van der Waals surface area contributed by atoms with Crippen LogP contribution in [0.2, 0.25) is 0 Å². The average Bonchev–Trinajstić information content (AvgIpc) is 2.50. The molecule has 0 aromatic rings. The molecular weight excluding hydrogens is 156 g/mol. The first kappa shape index (κ1) is 7.53. The Balaban J connectivity index is 2.38. The summed E-state index contributed by atoms with van der Waals surface area (Å²) in [5, 5.41) is 0. The molecule has 0 aromatic carbocycles. The van der Waals surface area contributed by atoms with Crippen molar-refractivity contribution in [2.24, 2.45) is 5.41 Å². The summed E-state index contributed by atoms with van der Waals surface area (Å²) < 4.78 is 4.39. The van der Waals surface area contributed by atoms with Crippen LogP contribution in [0.5, 0.6) is 0 Å². The molecule has 0 bridgehead atoms. The van der Waals surface area contributed by atoms with Gasteiger partial charge < -0.3 is 4.74 Å². The second-order valence-corrected chi connectivity index (χ2v) is 3.20. The quantitative estimate of drug-likeness (QED) is 0.334. The number of carbonyl (C=O) groups is 2. The Morgan fingerprint density at radius 2 is 2.17 bits per heavy atom. The van der Waals surface area contributed by atoms with Crippen molar-refractivity contribution in [3.05, 3.63) is 11.6 Å². The van der Waals surface area contributed by atoms with E-state index in [1.807, 2.05) is 13.0 Å². The minimum absolute atomic E-state index is 0.349. The minimum Gasteiger partial charge on any atom is -0.391 e. The molecule has 3 heteroatoms. The van der Waals surface area contributed by atoms with Gasteiger partial charge in [0.15, 0.2) is 5.41 Å². The van der Waals surface area contributed by atoms with Gasteiger partial charge >= 0.3 is 11.9 Å².